The number of rotatable bonds is 5. The lowest BCUT2D eigenvalue weighted by Crippen LogP contribution is -2.49. The largest absolute Gasteiger partial charge is 0.325 e. The van der Waals surface area contributed by atoms with Crippen LogP contribution in [0.4, 0.5) is 5.69 Å². The number of benzene rings is 1. The first-order valence-corrected chi connectivity index (χ1v) is 6.95. The second-order valence-electron chi connectivity index (χ2n) is 5.45. The van der Waals surface area contributed by atoms with Crippen molar-refractivity contribution >= 4 is 11.6 Å². The SMILES string of the molecule is CCNC(C)(C)C(=O)Nc1ccc(-c2nncn2C)cc1. The van der Waals surface area contributed by atoms with E-state index in [1.165, 1.54) is 0 Å². The molecule has 0 aliphatic rings. The zero-order chi connectivity index (χ0) is 15.5. The van der Waals surface area contributed by atoms with Crippen LogP contribution in [-0.4, -0.2) is 32.8 Å². The van der Waals surface area contributed by atoms with E-state index in [2.05, 4.69) is 20.8 Å². The van der Waals surface area contributed by atoms with Gasteiger partial charge in [0.1, 0.15) is 6.33 Å². The molecule has 0 unspecified atom stereocenters. The first-order valence-electron chi connectivity index (χ1n) is 6.95. The van der Waals surface area contributed by atoms with Crippen molar-refractivity contribution in [2.75, 3.05) is 11.9 Å². The summed E-state index contributed by atoms with van der Waals surface area (Å²) in [7, 11) is 1.89. The highest BCUT2D eigenvalue weighted by Crippen LogP contribution is 2.19. The van der Waals surface area contributed by atoms with Crippen molar-refractivity contribution in [2.24, 2.45) is 7.05 Å². The maximum absolute atomic E-state index is 12.2. The summed E-state index contributed by atoms with van der Waals surface area (Å²) in [6.45, 7) is 6.44. The van der Waals surface area contributed by atoms with E-state index in [1.807, 2.05) is 56.7 Å². The number of hydrogen-bond donors (Lipinski definition) is 2. The molecule has 1 aromatic heterocycles. The third-order valence-electron chi connectivity index (χ3n) is 3.30. The van der Waals surface area contributed by atoms with Gasteiger partial charge in [-0.15, -0.1) is 10.2 Å². The Kier molecular flexibility index (Phi) is 4.37. The van der Waals surface area contributed by atoms with E-state index < -0.39 is 5.54 Å². The van der Waals surface area contributed by atoms with Crippen LogP contribution in [0.2, 0.25) is 0 Å². The van der Waals surface area contributed by atoms with Crippen molar-refractivity contribution in [3.8, 4) is 11.4 Å². The molecule has 0 saturated heterocycles. The monoisotopic (exact) mass is 287 g/mol. The third kappa shape index (κ3) is 3.46. The molecule has 2 aromatic rings. The van der Waals surface area contributed by atoms with Crippen LogP contribution in [0.1, 0.15) is 20.8 Å². The molecule has 2 N–H and O–H groups in total. The number of carbonyl (C=O) groups is 1. The summed E-state index contributed by atoms with van der Waals surface area (Å²) in [5.74, 6) is 0.733. The van der Waals surface area contributed by atoms with Crippen molar-refractivity contribution in [1.29, 1.82) is 0 Å². The molecule has 0 saturated carbocycles. The van der Waals surface area contributed by atoms with Crippen molar-refractivity contribution in [2.45, 2.75) is 26.3 Å². The van der Waals surface area contributed by atoms with Crippen molar-refractivity contribution < 1.29 is 4.79 Å². The number of aryl methyl sites for hydroxylation is 1. The number of aromatic nitrogens is 3. The van der Waals surface area contributed by atoms with Crippen molar-refractivity contribution in [1.82, 2.24) is 20.1 Å². The molecule has 112 valence electrons. The Hall–Kier alpha value is -2.21. The van der Waals surface area contributed by atoms with Gasteiger partial charge in [-0.2, -0.15) is 0 Å². The van der Waals surface area contributed by atoms with Crippen molar-refractivity contribution in [3.63, 3.8) is 0 Å². The Balaban J connectivity index is 2.10. The van der Waals surface area contributed by atoms with E-state index in [9.17, 15) is 4.79 Å². The molecule has 0 fully saturated rings. The van der Waals surface area contributed by atoms with Crippen molar-refractivity contribution in [3.05, 3.63) is 30.6 Å². The van der Waals surface area contributed by atoms with Gasteiger partial charge in [0.2, 0.25) is 5.91 Å². The number of nitrogens with zero attached hydrogens (tertiary/aromatic N) is 3. The van der Waals surface area contributed by atoms with Gasteiger partial charge in [0.15, 0.2) is 5.82 Å². The Labute approximate surface area is 124 Å². The normalized spacial score (nSPS) is 11.4. The molecule has 0 aliphatic carbocycles. The van der Waals surface area contributed by atoms with Gasteiger partial charge in [0, 0.05) is 18.3 Å². The molecule has 1 aromatic carbocycles. The fourth-order valence-electron chi connectivity index (χ4n) is 2.06. The maximum atomic E-state index is 12.2. The van der Waals surface area contributed by atoms with Gasteiger partial charge < -0.3 is 15.2 Å². The summed E-state index contributed by atoms with van der Waals surface area (Å²) in [5, 5.41) is 14.0. The molecule has 1 heterocycles. The van der Waals surface area contributed by atoms with Crippen LogP contribution >= 0.6 is 0 Å². The van der Waals surface area contributed by atoms with E-state index in [0.717, 1.165) is 23.6 Å². The van der Waals surface area contributed by atoms with Gasteiger partial charge in [0.05, 0.1) is 5.54 Å². The van der Waals surface area contributed by atoms with Gasteiger partial charge in [-0.05, 0) is 44.7 Å². The lowest BCUT2D eigenvalue weighted by atomic mass is 10.0. The quantitative estimate of drug-likeness (QED) is 0.879. The molecular weight excluding hydrogens is 266 g/mol. The molecule has 0 atom stereocenters. The third-order valence-corrected chi connectivity index (χ3v) is 3.30. The standard InChI is InChI=1S/C15H21N5O/c1-5-16-15(2,3)14(21)18-12-8-6-11(7-9-12)13-19-17-10-20(13)4/h6-10,16H,5H2,1-4H3,(H,18,21). The highest BCUT2D eigenvalue weighted by atomic mass is 16.2. The van der Waals surface area contributed by atoms with Crippen LogP contribution in [0.3, 0.4) is 0 Å². The highest BCUT2D eigenvalue weighted by molar-refractivity contribution is 5.97. The van der Waals surface area contributed by atoms with Gasteiger partial charge in [0.25, 0.3) is 0 Å². The summed E-state index contributed by atoms with van der Waals surface area (Å²) in [4.78, 5) is 12.2. The number of anilines is 1. The molecule has 0 radical (unpaired) electrons. The van der Waals surface area contributed by atoms with Crippen LogP contribution in [0.15, 0.2) is 30.6 Å². The minimum Gasteiger partial charge on any atom is -0.325 e. The van der Waals surface area contributed by atoms with E-state index in [4.69, 9.17) is 0 Å². The van der Waals surface area contributed by atoms with E-state index in [1.54, 1.807) is 6.33 Å². The Morgan fingerprint density at radius 1 is 1.29 bits per heavy atom. The smallest absolute Gasteiger partial charge is 0.244 e. The summed E-state index contributed by atoms with van der Waals surface area (Å²) in [6.07, 6.45) is 1.66. The zero-order valence-corrected chi connectivity index (χ0v) is 12.8. The average molecular weight is 287 g/mol. The van der Waals surface area contributed by atoms with E-state index in [-0.39, 0.29) is 5.91 Å². The summed E-state index contributed by atoms with van der Waals surface area (Å²) in [6, 6.07) is 7.56. The molecule has 0 spiro atoms. The topological polar surface area (TPSA) is 71.8 Å². The average Bonchev–Trinajstić information content (AvgIpc) is 2.86. The molecule has 0 aliphatic heterocycles. The molecule has 2 rings (SSSR count). The zero-order valence-electron chi connectivity index (χ0n) is 12.8. The van der Waals surface area contributed by atoms with Crippen LogP contribution in [0.5, 0.6) is 0 Å². The number of nitrogens with one attached hydrogen (secondary N) is 2. The minimum absolute atomic E-state index is 0.0595. The highest BCUT2D eigenvalue weighted by Gasteiger charge is 2.26. The summed E-state index contributed by atoms with van der Waals surface area (Å²) >= 11 is 0. The molecule has 6 heteroatoms. The first-order chi connectivity index (χ1) is 9.94. The second-order valence-corrected chi connectivity index (χ2v) is 5.45. The lowest BCUT2D eigenvalue weighted by molar-refractivity contribution is -0.121. The van der Waals surface area contributed by atoms with E-state index >= 15 is 0 Å². The molecular formula is C15H21N5O. The molecule has 21 heavy (non-hydrogen) atoms. The van der Waals surface area contributed by atoms with Crippen LogP contribution < -0.4 is 10.6 Å². The Morgan fingerprint density at radius 2 is 1.95 bits per heavy atom. The lowest BCUT2D eigenvalue weighted by Gasteiger charge is -2.24. The predicted molar refractivity (Wildman–Crippen MR) is 82.8 cm³/mol. The fourth-order valence-corrected chi connectivity index (χ4v) is 2.06. The Bertz CT molecular complexity index is 615. The molecule has 1 amide bonds. The van der Waals surface area contributed by atoms with Gasteiger partial charge in [-0.3, -0.25) is 4.79 Å². The molecule has 6 nitrogen and oxygen atoms in total. The van der Waals surface area contributed by atoms with Crippen LogP contribution in [-0.2, 0) is 11.8 Å². The van der Waals surface area contributed by atoms with Gasteiger partial charge in [-0.25, -0.2) is 0 Å². The van der Waals surface area contributed by atoms with Gasteiger partial charge in [-0.1, -0.05) is 6.92 Å². The number of carbonyl (C=O) groups excluding carboxylic acids is 1. The summed E-state index contributed by atoms with van der Waals surface area (Å²) < 4.78 is 1.85. The fraction of sp³-hybridized carbons (Fsp3) is 0.400. The second kappa shape index (κ2) is 6.05. The van der Waals surface area contributed by atoms with Crippen LogP contribution in [0.25, 0.3) is 11.4 Å². The molecule has 0 bridgehead atoms. The number of amides is 1. The number of likely N-dealkylation sites (N-methyl/N-ethyl adjacent to an activating group) is 1. The van der Waals surface area contributed by atoms with Crippen LogP contribution in [0, 0.1) is 0 Å². The summed E-state index contributed by atoms with van der Waals surface area (Å²) in [5.41, 5.74) is 1.12. The predicted octanol–water partition coefficient (Wildman–Crippen LogP) is 1.81. The number of hydrogen-bond acceptors (Lipinski definition) is 4. The first kappa shape index (κ1) is 15.2. The minimum atomic E-state index is -0.600. The van der Waals surface area contributed by atoms with E-state index in [0.29, 0.717) is 0 Å². The van der Waals surface area contributed by atoms with Gasteiger partial charge >= 0.3 is 0 Å². The Morgan fingerprint density at radius 3 is 2.48 bits per heavy atom. The maximum Gasteiger partial charge on any atom is 0.244 e.